The summed E-state index contributed by atoms with van der Waals surface area (Å²) in [6.45, 7) is 2.78. The van der Waals surface area contributed by atoms with E-state index in [1.54, 1.807) is 55.6 Å². The average Bonchev–Trinajstić information content (AvgIpc) is 4.05. The number of anilines is 4. The molecule has 3 aliphatic heterocycles. The van der Waals surface area contributed by atoms with Crippen LogP contribution in [0, 0.1) is 11.8 Å². The Morgan fingerprint density at radius 3 is 2.47 bits per heavy atom. The van der Waals surface area contributed by atoms with Gasteiger partial charge < -0.3 is 44.9 Å². The Balaban J connectivity index is 0.750. The second-order valence-corrected chi connectivity index (χ2v) is 19.0. The van der Waals surface area contributed by atoms with Gasteiger partial charge in [0.2, 0.25) is 23.7 Å². The summed E-state index contributed by atoms with van der Waals surface area (Å²) in [4.78, 5) is 92.5. The molecule has 3 fully saturated rings. The molecule has 9 rings (SSSR count). The highest BCUT2D eigenvalue weighted by atomic mass is 16.6. The molecule has 0 spiro atoms. The van der Waals surface area contributed by atoms with Crippen molar-refractivity contribution in [2.75, 3.05) is 49.1 Å². The van der Waals surface area contributed by atoms with E-state index in [4.69, 9.17) is 19.2 Å². The fourth-order valence-electron chi connectivity index (χ4n) is 10.8. The van der Waals surface area contributed by atoms with E-state index in [-0.39, 0.29) is 74.4 Å². The Kier molecular flexibility index (Phi) is 15.0. The lowest BCUT2D eigenvalue weighted by atomic mass is 9.75. The number of imide groups is 1. The summed E-state index contributed by atoms with van der Waals surface area (Å²) >= 11 is 0. The molecule has 0 bridgehead atoms. The molecule has 18 nitrogen and oxygen atoms in total. The Morgan fingerprint density at radius 2 is 1.72 bits per heavy atom. The van der Waals surface area contributed by atoms with Crippen LogP contribution in [0.25, 0.3) is 0 Å². The molecule has 72 heavy (non-hydrogen) atoms. The lowest BCUT2D eigenvalue weighted by Gasteiger charge is -2.43. The van der Waals surface area contributed by atoms with Crippen LogP contribution in [0.1, 0.15) is 121 Å². The van der Waals surface area contributed by atoms with Crippen molar-refractivity contribution in [1.82, 2.24) is 30.8 Å². The van der Waals surface area contributed by atoms with Gasteiger partial charge in [-0.2, -0.15) is 4.98 Å². The van der Waals surface area contributed by atoms with E-state index in [9.17, 15) is 28.8 Å². The topological polar surface area (TPSA) is 214 Å². The number of nitrogens with zero attached hydrogens (tertiary/aromatic N) is 5. The first-order chi connectivity index (χ1) is 35.0. The summed E-state index contributed by atoms with van der Waals surface area (Å²) in [6, 6.07) is 19.4. The number of rotatable bonds is 15. The van der Waals surface area contributed by atoms with Gasteiger partial charge in [-0.1, -0.05) is 68.0 Å². The van der Waals surface area contributed by atoms with Crippen LogP contribution in [0.5, 0.6) is 5.75 Å². The molecule has 2 saturated carbocycles. The zero-order valence-corrected chi connectivity index (χ0v) is 41.0. The molecule has 2 aliphatic carbocycles. The number of benzene rings is 3. The maximum Gasteiger partial charge on any atom is 0.407 e. The minimum atomic E-state index is -0.705. The van der Waals surface area contributed by atoms with Crippen LogP contribution in [0.3, 0.4) is 0 Å². The number of alkyl carbamates (subject to hydrolysis) is 1. The summed E-state index contributed by atoms with van der Waals surface area (Å²) in [5.74, 6) is 6.53. The highest BCUT2D eigenvalue weighted by Gasteiger charge is 2.43. The number of hydrogen-bond donors (Lipinski definition) is 4. The van der Waals surface area contributed by atoms with E-state index in [2.05, 4.69) is 43.0 Å². The van der Waals surface area contributed by atoms with Crippen molar-refractivity contribution in [1.29, 1.82) is 0 Å². The zero-order chi connectivity index (χ0) is 50.4. The summed E-state index contributed by atoms with van der Waals surface area (Å²) < 4.78 is 17.1. The number of likely N-dealkylation sites (N-methyl/N-ethyl adjacent to an activating group) is 1. The molecule has 4 N–H and O–H groups in total. The number of methoxy groups -OCH3 is 1. The number of hydrogen-bond acceptors (Lipinski definition) is 13. The first-order valence-electron chi connectivity index (χ1n) is 25.0. The van der Waals surface area contributed by atoms with Crippen LogP contribution >= 0.6 is 0 Å². The van der Waals surface area contributed by atoms with E-state index < -0.39 is 23.6 Å². The number of amides is 6. The first-order valence-corrected chi connectivity index (χ1v) is 25.0. The van der Waals surface area contributed by atoms with Crippen LogP contribution in [0.15, 0.2) is 72.9 Å². The van der Waals surface area contributed by atoms with Crippen molar-refractivity contribution < 1.29 is 43.0 Å². The SMILES string of the molecule is CC[C@@H]1C(=O)N(C)c2cnc(Nc3ccc(C(=O)NC4CCC(NC(=O)OCCOCCC#Cc5cccc6c5CN(C5CCC(=O)NC5=O)C6=O)(c5ccccc5)CC4)cc3OC)nc2N1C1CCCC1. The second-order valence-electron chi connectivity index (χ2n) is 19.0. The maximum absolute atomic E-state index is 13.7. The van der Waals surface area contributed by atoms with Gasteiger partial charge >= 0.3 is 6.09 Å². The molecule has 1 unspecified atom stereocenters. The van der Waals surface area contributed by atoms with E-state index in [0.717, 1.165) is 42.6 Å². The van der Waals surface area contributed by atoms with Crippen molar-refractivity contribution in [2.24, 2.45) is 0 Å². The third-order valence-electron chi connectivity index (χ3n) is 14.6. The number of ether oxygens (including phenoxy) is 3. The van der Waals surface area contributed by atoms with Crippen LogP contribution in [0.4, 0.5) is 27.9 Å². The Bertz CT molecular complexity index is 2780. The minimum absolute atomic E-state index is 0.0313. The number of nitrogens with one attached hydrogen (secondary N) is 4. The van der Waals surface area contributed by atoms with E-state index in [1.165, 1.54) is 4.90 Å². The van der Waals surface area contributed by atoms with E-state index in [0.29, 0.717) is 84.9 Å². The maximum atomic E-state index is 13.7. The third-order valence-corrected chi connectivity index (χ3v) is 14.6. The molecule has 1 aromatic heterocycles. The molecule has 4 aromatic rings. The van der Waals surface area contributed by atoms with Gasteiger partial charge in [-0.25, -0.2) is 9.78 Å². The van der Waals surface area contributed by atoms with Gasteiger partial charge in [0.25, 0.3) is 11.8 Å². The number of carbonyl (C=O) groups excluding carboxylic acids is 6. The third kappa shape index (κ3) is 10.4. The highest BCUT2D eigenvalue weighted by molar-refractivity contribution is 6.06. The van der Waals surface area contributed by atoms with Crippen molar-refractivity contribution in [3.05, 3.63) is 101 Å². The predicted octanol–water partition coefficient (Wildman–Crippen LogP) is 6.25. The Hall–Kier alpha value is -7.52. The lowest BCUT2D eigenvalue weighted by Crippen LogP contribution is -2.55. The van der Waals surface area contributed by atoms with Gasteiger partial charge in [0.1, 0.15) is 30.1 Å². The van der Waals surface area contributed by atoms with Crippen molar-refractivity contribution in [2.45, 2.75) is 120 Å². The standard InChI is InChI=1S/C54H61N9O9/c1-4-42-51(68)61(2)44-32-55-52(59-47(44)63(42)38-17-8-9-18-38)57-41-21-20-35(31-45(41)70-3)48(65)56-37-24-26-54(27-25-37,36-15-6-5-7-16-36)60-53(69)72-30-29-71-28-11-10-13-34-14-12-19-39-40(34)33-62(50(39)67)43-22-23-46(64)58-49(43)66/h5-7,12,14-16,19-21,31-32,37-38,42-43H,4,8-9,11,17-18,22-30,33H2,1-3H3,(H,56,65)(H,60,69)(H,55,57,59)(H,58,64,66)/t37?,42-,43?,54?/m1/s1. The van der Waals surface area contributed by atoms with Gasteiger partial charge in [0.05, 0.1) is 37.7 Å². The molecule has 376 valence electrons. The smallest absolute Gasteiger partial charge is 0.407 e. The molecular weight excluding hydrogens is 919 g/mol. The zero-order valence-electron chi connectivity index (χ0n) is 41.0. The van der Waals surface area contributed by atoms with Crippen LogP contribution in [-0.2, 0) is 35.9 Å². The number of piperidine rings is 1. The van der Waals surface area contributed by atoms with Crippen molar-refractivity contribution in [3.8, 4) is 17.6 Å². The fraction of sp³-hybridized carbons (Fsp3) is 0.444. The summed E-state index contributed by atoms with van der Waals surface area (Å²) in [6.07, 6.45) is 9.28. The Labute approximate surface area is 418 Å². The molecule has 0 radical (unpaired) electrons. The lowest BCUT2D eigenvalue weighted by molar-refractivity contribution is -0.137. The first kappa shape index (κ1) is 49.5. The quantitative estimate of drug-likeness (QED) is 0.0590. The summed E-state index contributed by atoms with van der Waals surface area (Å²) in [7, 11) is 3.32. The van der Waals surface area contributed by atoms with Gasteiger partial charge in [-0.15, -0.1) is 0 Å². The summed E-state index contributed by atoms with van der Waals surface area (Å²) in [5.41, 5.74) is 3.89. The molecule has 3 aromatic carbocycles. The number of aromatic nitrogens is 2. The van der Waals surface area contributed by atoms with Crippen LogP contribution in [0.2, 0.25) is 0 Å². The molecule has 1 saturated heterocycles. The van der Waals surface area contributed by atoms with E-state index in [1.807, 2.05) is 43.3 Å². The molecule has 2 atom stereocenters. The molecule has 18 heteroatoms. The monoisotopic (exact) mass is 979 g/mol. The molecule has 4 heterocycles. The van der Waals surface area contributed by atoms with E-state index >= 15 is 0 Å². The van der Waals surface area contributed by atoms with Gasteiger partial charge in [-0.05, 0) is 92.8 Å². The number of fused-ring (bicyclic) bond motifs is 2. The van der Waals surface area contributed by atoms with Gasteiger partial charge in [0.15, 0.2) is 5.82 Å². The average molecular weight is 980 g/mol. The molecular formula is C54H61N9O9. The van der Waals surface area contributed by atoms with Crippen molar-refractivity contribution >= 4 is 58.8 Å². The fourth-order valence-corrected chi connectivity index (χ4v) is 10.8. The van der Waals surface area contributed by atoms with Gasteiger partial charge in [0, 0.05) is 55.2 Å². The molecule has 6 amide bonds. The number of carbonyl (C=O) groups is 6. The predicted molar refractivity (Wildman–Crippen MR) is 268 cm³/mol. The highest BCUT2D eigenvalue weighted by Crippen LogP contribution is 2.41. The molecule has 5 aliphatic rings. The Morgan fingerprint density at radius 1 is 0.931 bits per heavy atom. The van der Waals surface area contributed by atoms with Gasteiger partial charge in [-0.3, -0.25) is 29.3 Å². The minimum Gasteiger partial charge on any atom is -0.495 e. The largest absolute Gasteiger partial charge is 0.495 e. The summed E-state index contributed by atoms with van der Waals surface area (Å²) in [5, 5.41) is 12.0. The van der Waals surface area contributed by atoms with Crippen molar-refractivity contribution in [3.63, 3.8) is 0 Å². The van der Waals surface area contributed by atoms with Crippen LogP contribution in [-0.4, -0.2) is 109 Å². The normalized spacial score (nSPS) is 21.8. The second kappa shape index (κ2) is 21.9. The van der Waals surface area contributed by atoms with Crippen LogP contribution < -0.4 is 35.8 Å².